The van der Waals surface area contributed by atoms with Crippen LogP contribution in [0.25, 0.3) is 10.9 Å². The summed E-state index contributed by atoms with van der Waals surface area (Å²) >= 11 is 6.35. The monoisotopic (exact) mass is 487 g/mol. The van der Waals surface area contributed by atoms with Crippen molar-refractivity contribution < 1.29 is 9.53 Å². The molecule has 0 aliphatic carbocycles. The van der Waals surface area contributed by atoms with Crippen molar-refractivity contribution >= 4 is 28.4 Å². The molecule has 1 aliphatic rings. The third-order valence-electron chi connectivity index (χ3n) is 6.84. The zero-order chi connectivity index (χ0) is 24.2. The van der Waals surface area contributed by atoms with Gasteiger partial charge in [-0.05, 0) is 60.1 Å². The number of para-hydroxylation sites is 1. The number of carbonyl (C=O) groups is 1. The molecular formula is C29H30ClN3O2. The highest BCUT2D eigenvalue weighted by Gasteiger charge is 2.27. The van der Waals surface area contributed by atoms with E-state index in [4.69, 9.17) is 16.3 Å². The number of carbonyl (C=O) groups excluding carboxylic acids is 1. The topological polar surface area (TPSA) is 48.6 Å². The molecule has 6 heteroatoms. The number of piperazine rings is 1. The molecule has 5 nitrogen and oxygen atoms in total. The fourth-order valence-corrected chi connectivity index (χ4v) is 5.02. The molecular weight excluding hydrogens is 458 g/mol. The molecule has 4 aromatic rings. The van der Waals surface area contributed by atoms with Crippen molar-refractivity contribution in [1.29, 1.82) is 0 Å². The van der Waals surface area contributed by atoms with Crippen LogP contribution in [0.1, 0.15) is 30.4 Å². The number of nitrogens with one attached hydrogen (secondary N) is 1. The summed E-state index contributed by atoms with van der Waals surface area (Å²) in [6.07, 6.45) is 2.40. The Morgan fingerprint density at radius 2 is 1.74 bits per heavy atom. The van der Waals surface area contributed by atoms with E-state index >= 15 is 0 Å². The van der Waals surface area contributed by atoms with E-state index in [9.17, 15) is 4.79 Å². The number of benzene rings is 3. The average Bonchev–Trinajstić information content (AvgIpc) is 3.30. The maximum Gasteiger partial charge on any atom is 0.223 e. The number of aromatic amines is 1. The average molecular weight is 488 g/mol. The maximum absolute atomic E-state index is 13.5. The van der Waals surface area contributed by atoms with E-state index in [2.05, 4.69) is 22.9 Å². The molecule has 1 fully saturated rings. The first-order chi connectivity index (χ1) is 17.1. The van der Waals surface area contributed by atoms with E-state index in [1.807, 2.05) is 77.8 Å². The quantitative estimate of drug-likeness (QED) is 0.333. The van der Waals surface area contributed by atoms with Gasteiger partial charge in [0.15, 0.2) is 0 Å². The number of hydrogen-bond donors (Lipinski definition) is 1. The number of halogens is 1. The Labute approximate surface area is 211 Å². The minimum Gasteiger partial charge on any atom is -0.457 e. The smallest absolute Gasteiger partial charge is 0.223 e. The summed E-state index contributed by atoms with van der Waals surface area (Å²) in [5.74, 6) is 1.58. The molecule has 0 saturated carbocycles. The van der Waals surface area contributed by atoms with Gasteiger partial charge < -0.3 is 19.5 Å². The van der Waals surface area contributed by atoms with Gasteiger partial charge in [0.25, 0.3) is 0 Å². The van der Waals surface area contributed by atoms with Gasteiger partial charge in [-0.1, -0.05) is 48.9 Å². The molecule has 1 N–H and O–H groups in total. The van der Waals surface area contributed by atoms with E-state index in [0.29, 0.717) is 11.4 Å². The first-order valence-electron chi connectivity index (χ1n) is 12.2. The fourth-order valence-electron chi connectivity index (χ4n) is 4.85. The number of nitrogens with zero attached hydrogens (tertiary/aromatic N) is 2. The minimum atomic E-state index is -0.127. The van der Waals surface area contributed by atoms with E-state index in [1.165, 1.54) is 0 Å². The van der Waals surface area contributed by atoms with Gasteiger partial charge in [0.05, 0.1) is 0 Å². The van der Waals surface area contributed by atoms with Crippen LogP contribution in [0.5, 0.6) is 11.5 Å². The lowest BCUT2D eigenvalue weighted by Crippen LogP contribution is -2.48. The van der Waals surface area contributed by atoms with Gasteiger partial charge >= 0.3 is 0 Å². The van der Waals surface area contributed by atoms with Crippen molar-refractivity contribution in [1.82, 2.24) is 14.8 Å². The Morgan fingerprint density at radius 3 is 2.51 bits per heavy atom. The summed E-state index contributed by atoms with van der Waals surface area (Å²) in [7, 11) is 0. The molecule has 35 heavy (non-hydrogen) atoms. The minimum absolute atomic E-state index is 0.127. The van der Waals surface area contributed by atoms with Crippen molar-refractivity contribution in [3.8, 4) is 11.5 Å². The maximum atomic E-state index is 13.5. The highest BCUT2D eigenvalue weighted by Crippen LogP contribution is 2.37. The summed E-state index contributed by atoms with van der Waals surface area (Å²) in [6, 6.07) is 23.7. The van der Waals surface area contributed by atoms with Gasteiger partial charge in [-0.15, -0.1) is 0 Å². The van der Waals surface area contributed by atoms with Crippen LogP contribution in [0.4, 0.5) is 0 Å². The van der Waals surface area contributed by atoms with Gasteiger partial charge in [-0.2, -0.15) is 0 Å². The van der Waals surface area contributed by atoms with E-state index in [0.717, 1.165) is 66.3 Å². The molecule has 0 spiro atoms. The zero-order valence-electron chi connectivity index (χ0n) is 19.9. The zero-order valence-corrected chi connectivity index (χ0v) is 20.7. The summed E-state index contributed by atoms with van der Waals surface area (Å²) in [6.45, 7) is 6.59. The fraction of sp³-hybridized carbons (Fsp3) is 0.276. The number of likely N-dealkylation sites (N-methyl/N-ethyl adjacent to an activating group) is 1. The highest BCUT2D eigenvalue weighted by atomic mass is 35.5. The van der Waals surface area contributed by atoms with Gasteiger partial charge in [0.1, 0.15) is 11.5 Å². The lowest BCUT2D eigenvalue weighted by molar-refractivity contribution is -0.133. The molecule has 1 unspecified atom stereocenters. The molecule has 1 aromatic heterocycles. The largest absolute Gasteiger partial charge is 0.457 e. The second kappa shape index (κ2) is 10.5. The third-order valence-corrected chi connectivity index (χ3v) is 7.08. The van der Waals surface area contributed by atoms with Crippen LogP contribution in [-0.2, 0) is 4.79 Å². The molecule has 0 bridgehead atoms. The lowest BCUT2D eigenvalue weighted by Gasteiger charge is -2.35. The Morgan fingerprint density at radius 1 is 0.971 bits per heavy atom. The predicted octanol–water partition coefficient (Wildman–Crippen LogP) is 6.30. The van der Waals surface area contributed by atoms with Crippen molar-refractivity contribution in [2.75, 3.05) is 32.7 Å². The van der Waals surface area contributed by atoms with Gasteiger partial charge in [-0.3, -0.25) is 4.79 Å². The predicted molar refractivity (Wildman–Crippen MR) is 141 cm³/mol. The molecule has 1 atom stereocenters. The van der Waals surface area contributed by atoms with E-state index in [-0.39, 0.29) is 11.8 Å². The van der Waals surface area contributed by atoms with Crippen LogP contribution < -0.4 is 4.74 Å². The molecule has 1 saturated heterocycles. The number of hydrogen-bond acceptors (Lipinski definition) is 3. The third kappa shape index (κ3) is 5.37. The first kappa shape index (κ1) is 23.5. The molecule has 180 valence electrons. The molecule has 5 rings (SSSR count). The second-order valence-electron chi connectivity index (χ2n) is 8.99. The van der Waals surface area contributed by atoms with Crippen LogP contribution in [0, 0.1) is 0 Å². The SMILES string of the molecule is CCN1CCN(C(=O)CC(c2cccc(Oc3ccccc3)c2)c2c[nH]c3ccc(Cl)cc23)CC1. The summed E-state index contributed by atoms with van der Waals surface area (Å²) in [4.78, 5) is 21.2. The van der Waals surface area contributed by atoms with Crippen molar-refractivity contribution in [2.24, 2.45) is 0 Å². The summed E-state index contributed by atoms with van der Waals surface area (Å²) < 4.78 is 6.11. The van der Waals surface area contributed by atoms with Crippen LogP contribution >= 0.6 is 11.6 Å². The Bertz CT molecular complexity index is 1300. The van der Waals surface area contributed by atoms with Gasteiger partial charge in [0, 0.05) is 60.6 Å². The van der Waals surface area contributed by atoms with E-state index < -0.39 is 0 Å². The van der Waals surface area contributed by atoms with Crippen molar-refractivity contribution in [2.45, 2.75) is 19.3 Å². The number of fused-ring (bicyclic) bond motifs is 1. The number of aromatic nitrogens is 1. The second-order valence-corrected chi connectivity index (χ2v) is 9.43. The number of H-pyrrole nitrogens is 1. The molecule has 0 radical (unpaired) electrons. The number of rotatable bonds is 7. The number of amides is 1. The Balaban J connectivity index is 1.47. The Kier molecular flexibility index (Phi) is 7.07. The van der Waals surface area contributed by atoms with Crippen molar-refractivity contribution in [3.05, 3.63) is 95.1 Å². The van der Waals surface area contributed by atoms with Gasteiger partial charge in [0.2, 0.25) is 5.91 Å². The summed E-state index contributed by atoms with van der Waals surface area (Å²) in [5, 5.41) is 1.72. The molecule has 2 heterocycles. The Hall–Kier alpha value is -3.28. The lowest BCUT2D eigenvalue weighted by atomic mass is 9.87. The van der Waals surface area contributed by atoms with Crippen LogP contribution in [0.15, 0.2) is 79.0 Å². The molecule has 1 amide bonds. The standard InChI is InChI=1S/C29H30ClN3O2/c1-2-32-13-15-33(16-14-32)29(34)19-25(27-20-31-28-12-11-22(30)18-26(27)28)21-7-6-10-24(17-21)35-23-8-4-3-5-9-23/h3-12,17-18,20,25,31H,2,13-16,19H2,1H3. The van der Waals surface area contributed by atoms with Crippen LogP contribution in [0.2, 0.25) is 5.02 Å². The summed E-state index contributed by atoms with van der Waals surface area (Å²) in [5.41, 5.74) is 3.12. The van der Waals surface area contributed by atoms with E-state index in [1.54, 1.807) is 0 Å². The molecule has 1 aliphatic heterocycles. The normalized spacial score (nSPS) is 15.3. The number of ether oxygens (including phenoxy) is 1. The first-order valence-corrected chi connectivity index (χ1v) is 12.6. The molecule has 3 aromatic carbocycles. The van der Waals surface area contributed by atoms with Crippen molar-refractivity contribution in [3.63, 3.8) is 0 Å². The van der Waals surface area contributed by atoms with Crippen LogP contribution in [-0.4, -0.2) is 53.4 Å². The van der Waals surface area contributed by atoms with Gasteiger partial charge in [-0.25, -0.2) is 0 Å². The highest BCUT2D eigenvalue weighted by molar-refractivity contribution is 6.31. The van der Waals surface area contributed by atoms with Crippen LogP contribution in [0.3, 0.4) is 0 Å².